The van der Waals surface area contributed by atoms with Crippen molar-refractivity contribution >= 4 is 24.1 Å². The first-order valence-corrected chi connectivity index (χ1v) is 10.8. The maximum atomic E-state index is 12.0. The standard InChI is InChI=1S/C30H22O4/c31-29(34-28-9-5-2-6-10-28)20-15-23-11-16-25(17-12-23)26-18-13-24(14-19-26)21-22-33-30(32)27-7-3-1-4-8-27/h1-22H. The average molecular weight is 447 g/mol. The van der Waals surface area contributed by atoms with Gasteiger partial charge in [0, 0.05) is 6.08 Å². The van der Waals surface area contributed by atoms with Gasteiger partial charge in [0.1, 0.15) is 5.75 Å². The first kappa shape index (κ1) is 22.5. The monoisotopic (exact) mass is 446 g/mol. The van der Waals surface area contributed by atoms with Crippen molar-refractivity contribution in [1.29, 1.82) is 0 Å². The lowest BCUT2D eigenvalue weighted by Crippen LogP contribution is -2.03. The van der Waals surface area contributed by atoms with Crippen LogP contribution in [0.1, 0.15) is 21.5 Å². The van der Waals surface area contributed by atoms with Crippen molar-refractivity contribution in [2.24, 2.45) is 0 Å². The van der Waals surface area contributed by atoms with Crippen LogP contribution in [-0.4, -0.2) is 11.9 Å². The summed E-state index contributed by atoms with van der Waals surface area (Å²) in [6.45, 7) is 0. The second-order valence-corrected chi connectivity index (χ2v) is 7.39. The molecule has 0 bridgehead atoms. The first-order chi connectivity index (χ1) is 16.7. The Morgan fingerprint density at radius 3 is 1.71 bits per heavy atom. The third-order valence-corrected chi connectivity index (χ3v) is 4.97. The number of hydrogen-bond donors (Lipinski definition) is 0. The van der Waals surface area contributed by atoms with E-state index in [9.17, 15) is 9.59 Å². The molecular formula is C30H22O4. The molecule has 34 heavy (non-hydrogen) atoms. The predicted octanol–water partition coefficient (Wildman–Crippen LogP) is 6.80. The molecule has 0 saturated heterocycles. The Kier molecular flexibility index (Phi) is 7.44. The molecule has 166 valence electrons. The molecule has 0 atom stereocenters. The molecule has 4 nitrogen and oxygen atoms in total. The number of hydrogen-bond acceptors (Lipinski definition) is 4. The number of esters is 2. The van der Waals surface area contributed by atoms with Gasteiger partial charge in [-0.05, 0) is 58.7 Å². The van der Waals surface area contributed by atoms with E-state index in [1.54, 1.807) is 48.6 Å². The van der Waals surface area contributed by atoms with E-state index in [1.165, 1.54) is 12.3 Å². The fourth-order valence-electron chi connectivity index (χ4n) is 3.19. The summed E-state index contributed by atoms with van der Waals surface area (Å²) >= 11 is 0. The minimum Gasteiger partial charge on any atom is -0.431 e. The van der Waals surface area contributed by atoms with E-state index in [0.29, 0.717) is 11.3 Å². The maximum absolute atomic E-state index is 12.0. The lowest BCUT2D eigenvalue weighted by Gasteiger charge is -2.04. The van der Waals surface area contributed by atoms with Crippen LogP contribution in [-0.2, 0) is 9.53 Å². The number of carbonyl (C=O) groups excluding carboxylic acids is 2. The zero-order valence-electron chi connectivity index (χ0n) is 18.3. The molecule has 4 aromatic rings. The Hall–Kier alpha value is -4.70. The van der Waals surface area contributed by atoms with Gasteiger partial charge in [-0.25, -0.2) is 9.59 Å². The van der Waals surface area contributed by atoms with E-state index in [0.717, 1.165) is 22.3 Å². The number of benzene rings is 4. The molecule has 4 aromatic carbocycles. The number of ether oxygens (including phenoxy) is 2. The van der Waals surface area contributed by atoms with Crippen molar-refractivity contribution in [3.63, 3.8) is 0 Å². The zero-order chi connectivity index (χ0) is 23.6. The number of carbonyl (C=O) groups is 2. The summed E-state index contributed by atoms with van der Waals surface area (Å²) in [5.41, 5.74) is 4.43. The summed E-state index contributed by atoms with van der Waals surface area (Å²) in [7, 11) is 0. The van der Waals surface area contributed by atoms with Crippen LogP contribution in [0.4, 0.5) is 0 Å². The van der Waals surface area contributed by atoms with E-state index < -0.39 is 11.9 Å². The first-order valence-electron chi connectivity index (χ1n) is 10.8. The van der Waals surface area contributed by atoms with E-state index >= 15 is 0 Å². The fourth-order valence-corrected chi connectivity index (χ4v) is 3.19. The quantitative estimate of drug-likeness (QED) is 0.136. The Bertz CT molecular complexity index is 1290. The van der Waals surface area contributed by atoms with Crippen molar-refractivity contribution in [2.75, 3.05) is 0 Å². The van der Waals surface area contributed by atoms with E-state index in [2.05, 4.69) is 0 Å². The van der Waals surface area contributed by atoms with Gasteiger partial charge in [0.15, 0.2) is 0 Å². The maximum Gasteiger partial charge on any atom is 0.342 e. The van der Waals surface area contributed by atoms with Gasteiger partial charge in [0.2, 0.25) is 0 Å². The molecule has 0 fully saturated rings. The third kappa shape index (κ3) is 6.40. The van der Waals surface area contributed by atoms with Crippen molar-refractivity contribution < 1.29 is 19.1 Å². The summed E-state index contributed by atoms with van der Waals surface area (Å²) in [4.78, 5) is 23.9. The van der Waals surface area contributed by atoms with Crippen molar-refractivity contribution in [3.8, 4) is 16.9 Å². The Morgan fingerprint density at radius 1 is 0.588 bits per heavy atom. The molecule has 0 radical (unpaired) electrons. The van der Waals surface area contributed by atoms with Crippen LogP contribution < -0.4 is 4.74 Å². The van der Waals surface area contributed by atoms with Crippen molar-refractivity contribution in [3.05, 3.63) is 138 Å². The highest BCUT2D eigenvalue weighted by Gasteiger charge is 2.04. The van der Waals surface area contributed by atoms with Gasteiger partial charge in [-0.2, -0.15) is 0 Å². The van der Waals surface area contributed by atoms with Gasteiger partial charge in [0.25, 0.3) is 0 Å². The molecule has 0 N–H and O–H groups in total. The van der Waals surface area contributed by atoms with Gasteiger partial charge in [0.05, 0.1) is 11.8 Å². The van der Waals surface area contributed by atoms with Gasteiger partial charge in [-0.15, -0.1) is 0 Å². The van der Waals surface area contributed by atoms with Crippen LogP contribution in [0.5, 0.6) is 5.75 Å². The Morgan fingerprint density at radius 2 is 1.12 bits per heavy atom. The summed E-state index contributed by atoms with van der Waals surface area (Å²) in [6, 6.07) is 33.6. The highest BCUT2D eigenvalue weighted by Crippen LogP contribution is 2.21. The largest absolute Gasteiger partial charge is 0.431 e. The molecule has 0 spiro atoms. The van der Waals surface area contributed by atoms with Gasteiger partial charge in [-0.3, -0.25) is 0 Å². The smallest absolute Gasteiger partial charge is 0.342 e. The van der Waals surface area contributed by atoms with Gasteiger partial charge < -0.3 is 9.47 Å². The molecule has 0 aliphatic heterocycles. The molecule has 4 rings (SSSR count). The van der Waals surface area contributed by atoms with E-state index in [4.69, 9.17) is 9.47 Å². The van der Waals surface area contributed by atoms with Crippen molar-refractivity contribution in [1.82, 2.24) is 0 Å². The predicted molar refractivity (Wildman–Crippen MR) is 134 cm³/mol. The average Bonchev–Trinajstić information content (AvgIpc) is 2.89. The van der Waals surface area contributed by atoms with Crippen molar-refractivity contribution in [2.45, 2.75) is 0 Å². The summed E-state index contributed by atoms with van der Waals surface area (Å²) in [5.74, 6) is -0.301. The molecule has 0 aliphatic carbocycles. The van der Waals surface area contributed by atoms with Crippen LogP contribution in [0.15, 0.2) is 122 Å². The lowest BCUT2D eigenvalue weighted by atomic mass is 10.0. The highest BCUT2D eigenvalue weighted by atomic mass is 16.5. The van der Waals surface area contributed by atoms with Crippen LogP contribution in [0.25, 0.3) is 23.3 Å². The molecule has 0 heterocycles. The molecule has 0 unspecified atom stereocenters. The van der Waals surface area contributed by atoms with Crippen LogP contribution in [0.2, 0.25) is 0 Å². The molecule has 0 saturated carbocycles. The van der Waals surface area contributed by atoms with Crippen LogP contribution >= 0.6 is 0 Å². The topological polar surface area (TPSA) is 52.6 Å². The minimum absolute atomic E-state index is 0.393. The number of para-hydroxylation sites is 1. The Labute approximate surface area is 198 Å². The zero-order valence-corrected chi connectivity index (χ0v) is 18.3. The van der Waals surface area contributed by atoms with E-state index in [-0.39, 0.29) is 0 Å². The molecule has 0 aliphatic rings. The summed E-state index contributed by atoms with van der Waals surface area (Å²) in [5, 5.41) is 0. The minimum atomic E-state index is -0.423. The van der Waals surface area contributed by atoms with Crippen LogP contribution in [0.3, 0.4) is 0 Å². The molecule has 4 heteroatoms. The summed E-state index contributed by atoms with van der Waals surface area (Å²) < 4.78 is 10.4. The SMILES string of the molecule is O=C(C=Cc1ccc(-c2ccc(C=COC(=O)c3ccccc3)cc2)cc1)Oc1ccccc1. The highest BCUT2D eigenvalue weighted by molar-refractivity contribution is 5.90. The molecule has 0 amide bonds. The van der Waals surface area contributed by atoms with E-state index in [1.807, 2.05) is 72.8 Å². The normalized spacial score (nSPS) is 10.9. The second kappa shape index (κ2) is 11.2. The summed E-state index contributed by atoms with van der Waals surface area (Å²) in [6.07, 6.45) is 6.27. The lowest BCUT2D eigenvalue weighted by molar-refractivity contribution is -0.128. The number of rotatable bonds is 7. The van der Waals surface area contributed by atoms with Gasteiger partial charge >= 0.3 is 11.9 Å². The fraction of sp³-hybridized carbons (Fsp3) is 0. The van der Waals surface area contributed by atoms with Gasteiger partial charge in [-0.1, -0.05) is 84.9 Å². The third-order valence-electron chi connectivity index (χ3n) is 4.97. The molecule has 0 aromatic heterocycles. The van der Waals surface area contributed by atoms with Crippen LogP contribution in [0, 0.1) is 0 Å². The second-order valence-electron chi connectivity index (χ2n) is 7.39. The Balaban J connectivity index is 1.32. The molecular weight excluding hydrogens is 424 g/mol.